The number of aryl methyl sites for hydroxylation is 1. The van der Waals surface area contributed by atoms with E-state index in [1.807, 2.05) is 42.5 Å². The number of rotatable bonds is 4. The van der Waals surface area contributed by atoms with Crippen LogP contribution in [0.5, 0.6) is 11.5 Å². The van der Waals surface area contributed by atoms with Crippen molar-refractivity contribution in [2.75, 3.05) is 7.11 Å². The zero-order valence-corrected chi connectivity index (χ0v) is 13.9. The van der Waals surface area contributed by atoms with Crippen molar-refractivity contribution in [2.24, 2.45) is 4.99 Å². The number of hydrogen-bond donors (Lipinski definition) is 0. The molecule has 3 rings (SSSR count). The summed E-state index contributed by atoms with van der Waals surface area (Å²) in [4.78, 5) is 8.83. The summed E-state index contributed by atoms with van der Waals surface area (Å²) in [6, 6.07) is 11.8. The number of pyridine rings is 1. The van der Waals surface area contributed by atoms with E-state index < -0.39 is 0 Å². The summed E-state index contributed by atoms with van der Waals surface area (Å²) >= 11 is 0. The predicted molar refractivity (Wildman–Crippen MR) is 96.4 cm³/mol. The topological polar surface area (TPSA) is 43.7 Å². The van der Waals surface area contributed by atoms with Crippen LogP contribution in [0, 0.1) is 0 Å². The second-order valence-corrected chi connectivity index (χ2v) is 5.31. The molecule has 4 nitrogen and oxygen atoms in total. The molecule has 0 radical (unpaired) electrons. The van der Waals surface area contributed by atoms with E-state index in [1.54, 1.807) is 19.5 Å². The van der Waals surface area contributed by atoms with Gasteiger partial charge in [-0.1, -0.05) is 37.3 Å². The van der Waals surface area contributed by atoms with Gasteiger partial charge in [0.05, 0.1) is 13.3 Å². The second-order valence-electron chi connectivity index (χ2n) is 5.31. The van der Waals surface area contributed by atoms with E-state index in [-0.39, 0.29) is 0 Å². The number of aromatic nitrogens is 1. The van der Waals surface area contributed by atoms with Gasteiger partial charge in [0.2, 0.25) is 5.90 Å². The average molecular weight is 320 g/mol. The number of hydrogen-bond acceptors (Lipinski definition) is 4. The number of ether oxygens (including phenoxy) is 2. The molecule has 0 atom stereocenters. The Morgan fingerprint density at radius 1 is 1.12 bits per heavy atom. The van der Waals surface area contributed by atoms with Crippen LogP contribution in [0.15, 0.2) is 65.9 Å². The summed E-state index contributed by atoms with van der Waals surface area (Å²) < 4.78 is 11.5. The Labute approximate surface area is 142 Å². The Kier molecular flexibility index (Phi) is 5.06. The molecular weight excluding hydrogens is 300 g/mol. The van der Waals surface area contributed by atoms with Crippen molar-refractivity contribution in [2.45, 2.75) is 19.8 Å². The summed E-state index contributed by atoms with van der Waals surface area (Å²) in [5, 5.41) is 0. The largest absolute Gasteiger partial charge is 0.496 e. The number of para-hydroxylation sites is 1. The maximum Gasteiger partial charge on any atom is 0.226 e. The fourth-order valence-corrected chi connectivity index (χ4v) is 2.49. The third kappa shape index (κ3) is 3.54. The average Bonchev–Trinajstić information content (AvgIpc) is 2.87. The Bertz CT molecular complexity index is 790. The van der Waals surface area contributed by atoms with Gasteiger partial charge in [0.25, 0.3) is 0 Å². The van der Waals surface area contributed by atoms with Gasteiger partial charge in [0.1, 0.15) is 11.5 Å². The van der Waals surface area contributed by atoms with Crippen LogP contribution < -0.4 is 9.47 Å². The zero-order chi connectivity index (χ0) is 16.8. The van der Waals surface area contributed by atoms with E-state index in [1.165, 1.54) is 0 Å². The fraction of sp³-hybridized carbons (Fsp3) is 0.200. The van der Waals surface area contributed by atoms with Crippen LogP contribution in [0.4, 0.5) is 0 Å². The van der Waals surface area contributed by atoms with Gasteiger partial charge < -0.3 is 9.47 Å². The highest BCUT2D eigenvalue weighted by Crippen LogP contribution is 2.29. The van der Waals surface area contributed by atoms with Gasteiger partial charge in [-0.3, -0.25) is 4.98 Å². The van der Waals surface area contributed by atoms with E-state index in [0.717, 1.165) is 35.4 Å². The first-order valence-corrected chi connectivity index (χ1v) is 8.01. The minimum absolute atomic E-state index is 0.541. The van der Waals surface area contributed by atoms with E-state index in [4.69, 9.17) is 9.47 Å². The van der Waals surface area contributed by atoms with Crippen molar-refractivity contribution in [1.82, 2.24) is 4.98 Å². The lowest BCUT2D eigenvalue weighted by Gasteiger charge is -2.14. The van der Waals surface area contributed by atoms with Crippen molar-refractivity contribution < 1.29 is 9.47 Å². The summed E-state index contributed by atoms with van der Waals surface area (Å²) in [7, 11) is 1.67. The first-order valence-electron chi connectivity index (χ1n) is 8.01. The Balaban J connectivity index is 1.93. The van der Waals surface area contributed by atoms with Gasteiger partial charge in [0.15, 0.2) is 0 Å². The van der Waals surface area contributed by atoms with Crippen LogP contribution in [0.2, 0.25) is 0 Å². The summed E-state index contributed by atoms with van der Waals surface area (Å²) in [6.45, 7) is 2.07. The summed E-state index contributed by atoms with van der Waals surface area (Å²) in [6.07, 6.45) is 9.27. The molecule has 1 aliphatic rings. The summed E-state index contributed by atoms with van der Waals surface area (Å²) in [5.74, 6) is 2.00. The third-order valence-electron chi connectivity index (χ3n) is 3.76. The highest BCUT2D eigenvalue weighted by molar-refractivity contribution is 6.21. The molecule has 0 aliphatic carbocycles. The van der Waals surface area contributed by atoms with Gasteiger partial charge in [-0.05, 0) is 31.0 Å². The molecule has 2 aromatic rings. The fourth-order valence-electron chi connectivity index (χ4n) is 2.49. The molecule has 0 saturated heterocycles. The number of benzene rings is 1. The maximum atomic E-state index is 6.01. The van der Waals surface area contributed by atoms with Crippen LogP contribution in [0.25, 0.3) is 5.57 Å². The first-order chi connectivity index (χ1) is 11.8. The molecule has 24 heavy (non-hydrogen) atoms. The lowest BCUT2D eigenvalue weighted by molar-refractivity contribution is 0.413. The number of nitrogens with zero attached hydrogens (tertiary/aromatic N) is 2. The Morgan fingerprint density at radius 2 is 2.00 bits per heavy atom. The minimum Gasteiger partial charge on any atom is -0.496 e. The Hall–Kier alpha value is -2.88. The Morgan fingerprint density at radius 3 is 2.75 bits per heavy atom. The molecule has 0 saturated carbocycles. The molecule has 0 N–H and O–H groups in total. The number of methoxy groups -OCH3 is 1. The van der Waals surface area contributed by atoms with Crippen molar-refractivity contribution in [3.8, 4) is 11.5 Å². The first kappa shape index (κ1) is 16.0. The monoisotopic (exact) mass is 320 g/mol. The highest BCUT2D eigenvalue weighted by atomic mass is 16.5. The maximum absolute atomic E-state index is 6.01. The van der Waals surface area contributed by atoms with Gasteiger partial charge in [0, 0.05) is 23.0 Å². The third-order valence-corrected chi connectivity index (χ3v) is 3.76. The van der Waals surface area contributed by atoms with Crippen LogP contribution in [0.1, 0.15) is 24.6 Å². The van der Waals surface area contributed by atoms with Gasteiger partial charge in [-0.15, -0.1) is 0 Å². The molecule has 0 fully saturated rings. The molecule has 122 valence electrons. The summed E-state index contributed by atoms with van der Waals surface area (Å²) in [5.41, 5.74) is 2.91. The number of aliphatic imine (C=N–C) groups is 1. The van der Waals surface area contributed by atoms with E-state index in [9.17, 15) is 0 Å². The molecule has 0 bridgehead atoms. The standard InChI is InChI=1S/C20H20N2O2/c1-3-15-11-12-16(14-22-15)24-20-18(9-6-7-13-21-20)17-8-4-5-10-19(17)23-2/h4-5,7-14H,3,6H2,1-2H3. The molecule has 0 spiro atoms. The van der Waals surface area contributed by atoms with Gasteiger partial charge in [-0.25, -0.2) is 4.99 Å². The molecule has 0 unspecified atom stereocenters. The smallest absolute Gasteiger partial charge is 0.226 e. The molecule has 1 aliphatic heterocycles. The van der Waals surface area contributed by atoms with E-state index in [2.05, 4.69) is 23.0 Å². The molecule has 1 aromatic heterocycles. The highest BCUT2D eigenvalue weighted by Gasteiger charge is 2.17. The van der Waals surface area contributed by atoms with Crippen LogP contribution >= 0.6 is 0 Å². The number of allylic oxidation sites excluding steroid dienone is 2. The lowest BCUT2D eigenvalue weighted by atomic mass is 10.0. The molecule has 1 aromatic carbocycles. The van der Waals surface area contributed by atoms with Gasteiger partial charge in [-0.2, -0.15) is 0 Å². The van der Waals surface area contributed by atoms with Gasteiger partial charge >= 0.3 is 0 Å². The SMILES string of the molecule is CCc1ccc(OC2=NC=CCC=C2c2ccccc2OC)cn1. The molecular formula is C20H20N2O2. The van der Waals surface area contributed by atoms with Crippen LogP contribution in [-0.2, 0) is 6.42 Å². The normalized spacial score (nSPS) is 13.8. The zero-order valence-electron chi connectivity index (χ0n) is 13.9. The van der Waals surface area contributed by atoms with E-state index in [0.29, 0.717) is 11.6 Å². The minimum atomic E-state index is 0.541. The van der Waals surface area contributed by atoms with Crippen LogP contribution in [-0.4, -0.2) is 18.0 Å². The van der Waals surface area contributed by atoms with Crippen molar-refractivity contribution >= 4 is 11.5 Å². The van der Waals surface area contributed by atoms with Crippen molar-refractivity contribution in [1.29, 1.82) is 0 Å². The molecule has 4 heteroatoms. The molecule has 2 heterocycles. The quantitative estimate of drug-likeness (QED) is 0.837. The second kappa shape index (κ2) is 7.59. The molecule has 0 amide bonds. The van der Waals surface area contributed by atoms with Crippen molar-refractivity contribution in [3.05, 3.63) is 72.2 Å². The van der Waals surface area contributed by atoms with Crippen molar-refractivity contribution in [3.63, 3.8) is 0 Å². The van der Waals surface area contributed by atoms with Crippen LogP contribution in [0.3, 0.4) is 0 Å². The predicted octanol–water partition coefficient (Wildman–Crippen LogP) is 4.43. The van der Waals surface area contributed by atoms with E-state index >= 15 is 0 Å². The lowest BCUT2D eigenvalue weighted by Crippen LogP contribution is -2.12.